The van der Waals surface area contributed by atoms with E-state index in [1.807, 2.05) is 32.5 Å². The minimum Gasteiger partial charge on any atom is -0.444 e. The molecular weight excluding hydrogens is 272 g/mol. The second-order valence-electron chi connectivity index (χ2n) is 7.22. The highest BCUT2D eigenvalue weighted by atomic mass is 32.2. The Kier molecular flexibility index (Phi) is 6.20. The average Bonchev–Trinajstić information content (AvgIpc) is 2.28. The molecule has 1 rings (SSSR count). The Bertz CT molecular complexity index is 326. The number of rotatable bonds is 4. The van der Waals surface area contributed by atoms with E-state index in [2.05, 4.69) is 19.2 Å². The molecule has 0 aromatic heterocycles. The summed E-state index contributed by atoms with van der Waals surface area (Å²) < 4.78 is 5.34. The first-order valence-corrected chi connectivity index (χ1v) is 8.52. The zero-order valence-corrected chi connectivity index (χ0v) is 14.6. The van der Waals surface area contributed by atoms with Gasteiger partial charge in [0.05, 0.1) is 0 Å². The van der Waals surface area contributed by atoms with Crippen molar-refractivity contribution in [1.29, 1.82) is 0 Å². The molecule has 20 heavy (non-hydrogen) atoms. The van der Waals surface area contributed by atoms with Crippen LogP contribution in [-0.4, -0.2) is 54.3 Å². The molecule has 5 heteroatoms. The SMILES string of the molecule is CN(CCNC1CSCCC1(C)C)C(=O)OC(C)(C)C. The predicted octanol–water partition coefficient (Wildman–Crippen LogP) is 2.97. The van der Waals surface area contributed by atoms with E-state index in [1.165, 1.54) is 12.2 Å². The van der Waals surface area contributed by atoms with Gasteiger partial charge in [-0.1, -0.05) is 13.8 Å². The van der Waals surface area contributed by atoms with Crippen LogP contribution in [0.5, 0.6) is 0 Å². The van der Waals surface area contributed by atoms with Crippen LogP contribution in [0.25, 0.3) is 0 Å². The third-order valence-corrected chi connectivity index (χ3v) is 4.72. The highest BCUT2D eigenvalue weighted by molar-refractivity contribution is 7.99. The van der Waals surface area contributed by atoms with Crippen molar-refractivity contribution in [1.82, 2.24) is 10.2 Å². The number of carbonyl (C=O) groups is 1. The van der Waals surface area contributed by atoms with Gasteiger partial charge in [0.25, 0.3) is 0 Å². The number of ether oxygens (including phenoxy) is 1. The lowest BCUT2D eigenvalue weighted by Crippen LogP contribution is -2.49. The number of hydrogen-bond acceptors (Lipinski definition) is 4. The molecule has 1 unspecified atom stereocenters. The summed E-state index contributed by atoms with van der Waals surface area (Å²) in [6.45, 7) is 11.8. The summed E-state index contributed by atoms with van der Waals surface area (Å²) in [5.41, 5.74) is -0.0868. The van der Waals surface area contributed by atoms with Crippen molar-refractivity contribution >= 4 is 17.9 Å². The molecule has 0 aliphatic carbocycles. The van der Waals surface area contributed by atoms with Crippen LogP contribution < -0.4 is 5.32 Å². The van der Waals surface area contributed by atoms with Gasteiger partial charge in [-0.15, -0.1) is 0 Å². The quantitative estimate of drug-likeness (QED) is 0.867. The molecule has 0 saturated carbocycles. The standard InChI is InChI=1S/C15H30N2O2S/c1-14(2,3)19-13(18)17(6)9-8-16-12-11-20-10-7-15(12,4)5/h12,16H,7-11H2,1-6H3. The highest BCUT2D eigenvalue weighted by Gasteiger charge is 2.32. The topological polar surface area (TPSA) is 41.6 Å². The van der Waals surface area contributed by atoms with Crippen molar-refractivity contribution in [2.75, 3.05) is 31.6 Å². The first kappa shape index (κ1) is 17.6. The molecule has 0 aromatic carbocycles. The average molecular weight is 302 g/mol. The van der Waals surface area contributed by atoms with Gasteiger partial charge in [0.2, 0.25) is 0 Å². The fourth-order valence-electron chi connectivity index (χ4n) is 2.11. The molecule has 0 spiro atoms. The van der Waals surface area contributed by atoms with Gasteiger partial charge >= 0.3 is 6.09 Å². The van der Waals surface area contributed by atoms with Gasteiger partial charge < -0.3 is 15.0 Å². The summed E-state index contributed by atoms with van der Waals surface area (Å²) in [6.07, 6.45) is 0.994. The molecule has 1 amide bonds. The lowest BCUT2D eigenvalue weighted by atomic mass is 9.82. The molecule has 4 nitrogen and oxygen atoms in total. The molecule has 0 aromatic rings. The van der Waals surface area contributed by atoms with Gasteiger partial charge in [-0.05, 0) is 38.4 Å². The van der Waals surface area contributed by atoms with E-state index in [0.29, 0.717) is 18.0 Å². The highest BCUT2D eigenvalue weighted by Crippen LogP contribution is 2.33. The van der Waals surface area contributed by atoms with Crippen molar-refractivity contribution in [3.05, 3.63) is 0 Å². The van der Waals surface area contributed by atoms with Crippen LogP contribution in [0.3, 0.4) is 0 Å². The lowest BCUT2D eigenvalue weighted by molar-refractivity contribution is 0.0298. The van der Waals surface area contributed by atoms with E-state index >= 15 is 0 Å². The Morgan fingerprint density at radius 2 is 2.10 bits per heavy atom. The van der Waals surface area contributed by atoms with Gasteiger partial charge in [-0.2, -0.15) is 11.8 Å². The normalized spacial score (nSPS) is 22.4. The molecule has 1 aliphatic rings. The van der Waals surface area contributed by atoms with E-state index in [1.54, 1.807) is 11.9 Å². The second kappa shape index (κ2) is 7.03. The minimum atomic E-state index is -0.430. The van der Waals surface area contributed by atoms with E-state index in [4.69, 9.17) is 4.74 Å². The maximum absolute atomic E-state index is 11.8. The third-order valence-electron chi connectivity index (χ3n) is 3.66. The molecule has 118 valence electrons. The zero-order chi connectivity index (χ0) is 15.4. The van der Waals surface area contributed by atoms with Gasteiger partial charge in [0, 0.05) is 31.9 Å². The van der Waals surface area contributed by atoms with Crippen LogP contribution in [0.1, 0.15) is 41.0 Å². The van der Waals surface area contributed by atoms with E-state index < -0.39 is 5.60 Å². The minimum absolute atomic E-state index is 0.253. The number of nitrogens with zero attached hydrogens (tertiary/aromatic N) is 1. The Morgan fingerprint density at radius 3 is 2.65 bits per heavy atom. The Balaban J connectivity index is 2.31. The first-order chi connectivity index (χ1) is 9.12. The smallest absolute Gasteiger partial charge is 0.410 e. The Labute approximate surface area is 128 Å². The molecule has 0 radical (unpaired) electrons. The van der Waals surface area contributed by atoms with Crippen LogP contribution >= 0.6 is 11.8 Å². The van der Waals surface area contributed by atoms with Crippen molar-refractivity contribution in [3.8, 4) is 0 Å². The van der Waals surface area contributed by atoms with E-state index in [9.17, 15) is 4.79 Å². The molecule has 1 fully saturated rings. The maximum Gasteiger partial charge on any atom is 0.410 e. The summed E-state index contributed by atoms with van der Waals surface area (Å²) in [5.74, 6) is 2.41. The van der Waals surface area contributed by atoms with Gasteiger partial charge in [0.1, 0.15) is 5.60 Å². The van der Waals surface area contributed by atoms with Crippen LogP contribution in [0.4, 0.5) is 4.79 Å². The molecule has 1 atom stereocenters. The predicted molar refractivity (Wildman–Crippen MR) is 86.4 cm³/mol. The third kappa shape index (κ3) is 5.92. The number of likely N-dealkylation sites (N-methyl/N-ethyl adjacent to an activating group) is 1. The summed E-state index contributed by atoms with van der Waals surface area (Å²) in [5, 5.41) is 3.59. The number of nitrogens with one attached hydrogen (secondary N) is 1. The lowest BCUT2D eigenvalue weighted by Gasteiger charge is -2.39. The van der Waals surface area contributed by atoms with Gasteiger partial charge in [0.15, 0.2) is 0 Å². The van der Waals surface area contributed by atoms with Crippen molar-refractivity contribution in [2.45, 2.75) is 52.7 Å². The molecule has 1 heterocycles. The fraction of sp³-hybridized carbons (Fsp3) is 0.933. The van der Waals surface area contributed by atoms with Gasteiger partial charge in [-0.25, -0.2) is 4.79 Å². The number of amides is 1. The second-order valence-corrected chi connectivity index (χ2v) is 8.37. The molecule has 1 saturated heterocycles. The van der Waals surface area contributed by atoms with Crippen LogP contribution in [0.2, 0.25) is 0 Å². The zero-order valence-electron chi connectivity index (χ0n) is 13.8. The molecular formula is C15H30N2O2S. The van der Waals surface area contributed by atoms with E-state index in [0.717, 1.165) is 12.3 Å². The van der Waals surface area contributed by atoms with Crippen LogP contribution in [0, 0.1) is 5.41 Å². The largest absolute Gasteiger partial charge is 0.444 e. The molecule has 1 N–H and O–H groups in total. The number of thioether (sulfide) groups is 1. The van der Waals surface area contributed by atoms with Crippen molar-refractivity contribution in [3.63, 3.8) is 0 Å². The van der Waals surface area contributed by atoms with Crippen LogP contribution in [0.15, 0.2) is 0 Å². The maximum atomic E-state index is 11.8. The number of hydrogen-bond donors (Lipinski definition) is 1. The van der Waals surface area contributed by atoms with Crippen molar-refractivity contribution in [2.24, 2.45) is 5.41 Å². The number of carbonyl (C=O) groups excluding carboxylic acids is 1. The fourth-order valence-corrected chi connectivity index (χ4v) is 3.75. The monoisotopic (exact) mass is 302 g/mol. The molecule has 1 aliphatic heterocycles. The van der Waals surface area contributed by atoms with E-state index in [-0.39, 0.29) is 6.09 Å². The molecule has 0 bridgehead atoms. The van der Waals surface area contributed by atoms with Crippen LogP contribution in [-0.2, 0) is 4.74 Å². The van der Waals surface area contributed by atoms with Gasteiger partial charge in [-0.3, -0.25) is 0 Å². The summed E-state index contributed by atoms with van der Waals surface area (Å²) in [6, 6.07) is 0.522. The first-order valence-electron chi connectivity index (χ1n) is 7.37. The Morgan fingerprint density at radius 1 is 1.45 bits per heavy atom. The summed E-state index contributed by atoms with van der Waals surface area (Å²) in [7, 11) is 1.79. The summed E-state index contributed by atoms with van der Waals surface area (Å²) >= 11 is 2.01. The summed E-state index contributed by atoms with van der Waals surface area (Å²) in [4.78, 5) is 13.5. The van der Waals surface area contributed by atoms with Crippen molar-refractivity contribution < 1.29 is 9.53 Å². The Hall–Kier alpha value is -0.420.